The molecule has 4 rings (SSSR count). The van der Waals surface area contributed by atoms with Crippen molar-refractivity contribution in [1.29, 1.82) is 0 Å². The molecule has 1 fully saturated rings. The molecule has 0 spiro atoms. The lowest BCUT2D eigenvalue weighted by molar-refractivity contribution is -0.122. The number of nitrogens with zero attached hydrogens (tertiary/aromatic N) is 4. The molecule has 13 heteroatoms. The molecule has 0 radical (unpaired) electrons. The van der Waals surface area contributed by atoms with E-state index >= 15 is 0 Å². The van der Waals surface area contributed by atoms with Crippen LogP contribution in [0, 0.1) is 0 Å². The molecule has 0 aromatic carbocycles. The minimum atomic E-state index is -3.97. The summed E-state index contributed by atoms with van der Waals surface area (Å²) in [6.45, 7) is 6.04. The summed E-state index contributed by atoms with van der Waals surface area (Å²) in [5.74, 6) is -0.271. The quantitative estimate of drug-likeness (QED) is 0.516. The number of aromatic nitrogens is 1. The van der Waals surface area contributed by atoms with Crippen molar-refractivity contribution < 1.29 is 13.2 Å². The van der Waals surface area contributed by atoms with Crippen LogP contribution < -0.4 is 4.90 Å². The number of hydrogen-bond acceptors (Lipinski definition) is 9. The van der Waals surface area contributed by atoms with Gasteiger partial charge < -0.3 is 0 Å². The standard InChI is InChI=1S/C17H15ClN4O3S5/c1-4-21-14(23)13(15-22(9(2)10(3)27-15)16-19-7-8-26-16)29-17(21)20-30(24,25)12-6-5-11(18)28-12/h5-8H,4H2,1-3H3/b15-13+,20-17+. The van der Waals surface area contributed by atoms with Crippen LogP contribution in [0.15, 0.2) is 52.9 Å². The number of rotatable bonds is 4. The van der Waals surface area contributed by atoms with Crippen LogP contribution in [0.1, 0.15) is 20.8 Å². The third kappa shape index (κ3) is 3.84. The fourth-order valence-electron chi connectivity index (χ4n) is 2.74. The molecule has 0 N–H and O–H groups in total. The maximum atomic E-state index is 13.2. The highest BCUT2D eigenvalue weighted by Gasteiger charge is 2.40. The van der Waals surface area contributed by atoms with E-state index in [9.17, 15) is 13.2 Å². The molecule has 1 saturated heterocycles. The molecule has 7 nitrogen and oxygen atoms in total. The van der Waals surface area contributed by atoms with E-state index in [0.29, 0.717) is 15.8 Å². The summed E-state index contributed by atoms with van der Waals surface area (Å²) in [5.41, 5.74) is 0.986. The zero-order valence-corrected chi connectivity index (χ0v) is 20.8. The third-order valence-corrected chi connectivity index (χ3v) is 10.5. The van der Waals surface area contributed by atoms with Crippen LogP contribution in [-0.2, 0) is 14.8 Å². The molecule has 0 aliphatic carbocycles. The number of carbonyl (C=O) groups excluding carboxylic acids is 1. The monoisotopic (exact) mass is 518 g/mol. The van der Waals surface area contributed by atoms with Crippen LogP contribution in [0.4, 0.5) is 5.13 Å². The van der Waals surface area contributed by atoms with E-state index in [2.05, 4.69) is 9.38 Å². The molecule has 30 heavy (non-hydrogen) atoms. The Kier molecular flexibility index (Phi) is 6.08. The van der Waals surface area contributed by atoms with Crippen LogP contribution in [0.2, 0.25) is 4.34 Å². The molecule has 2 aliphatic rings. The zero-order chi connectivity index (χ0) is 21.6. The van der Waals surface area contributed by atoms with E-state index in [0.717, 1.165) is 43.9 Å². The predicted molar refractivity (Wildman–Crippen MR) is 127 cm³/mol. The number of amides is 1. The van der Waals surface area contributed by atoms with Crippen molar-refractivity contribution >= 4 is 84.0 Å². The van der Waals surface area contributed by atoms with Gasteiger partial charge in [-0.15, -0.1) is 27.1 Å². The molecule has 0 unspecified atom stereocenters. The van der Waals surface area contributed by atoms with Crippen LogP contribution in [0.25, 0.3) is 0 Å². The minimum Gasteiger partial charge on any atom is -0.286 e. The summed E-state index contributed by atoms with van der Waals surface area (Å²) in [6.07, 6.45) is 1.71. The van der Waals surface area contributed by atoms with Crippen LogP contribution in [0.3, 0.4) is 0 Å². The Morgan fingerprint density at radius 2 is 2.00 bits per heavy atom. The van der Waals surface area contributed by atoms with Crippen LogP contribution in [0.5, 0.6) is 0 Å². The molecule has 0 saturated carbocycles. The molecule has 2 aliphatic heterocycles. The van der Waals surface area contributed by atoms with Gasteiger partial charge >= 0.3 is 0 Å². The van der Waals surface area contributed by atoms with Gasteiger partial charge in [0.25, 0.3) is 15.9 Å². The zero-order valence-electron chi connectivity index (χ0n) is 15.9. The number of hydrogen-bond donors (Lipinski definition) is 0. The topological polar surface area (TPSA) is 82.9 Å². The molecule has 158 valence electrons. The van der Waals surface area contributed by atoms with Crippen molar-refractivity contribution in [2.45, 2.75) is 25.0 Å². The Labute approximate surface area is 195 Å². The second-order valence-corrected chi connectivity index (χ2v) is 12.7. The van der Waals surface area contributed by atoms with Gasteiger partial charge in [0.15, 0.2) is 10.3 Å². The van der Waals surface area contributed by atoms with Crippen molar-refractivity contribution in [3.8, 4) is 0 Å². The second-order valence-electron chi connectivity index (χ2n) is 6.09. The Bertz CT molecular complexity index is 1210. The van der Waals surface area contributed by atoms with E-state index in [4.69, 9.17) is 11.6 Å². The lowest BCUT2D eigenvalue weighted by Gasteiger charge is -2.19. The van der Waals surface area contributed by atoms with E-state index < -0.39 is 10.0 Å². The molecular formula is C17H15ClN4O3S5. The van der Waals surface area contributed by atoms with E-state index in [1.807, 2.05) is 24.1 Å². The summed E-state index contributed by atoms with van der Waals surface area (Å²) < 4.78 is 29.8. The van der Waals surface area contributed by atoms with E-state index in [1.54, 1.807) is 13.1 Å². The number of sulfonamides is 1. The molecular weight excluding hydrogens is 504 g/mol. The van der Waals surface area contributed by atoms with Gasteiger partial charge in [-0.3, -0.25) is 14.6 Å². The van der Waals surface area contributed by atoms with Gasteiger partial charge in [-0.1, -0.05) is 23.4 Å². The number of amidine groups is 1. The van der Waals surface area contributed by atoms with Gasteiger partial charge in [-0.05, 0) is 44.7 Å². The molecule has 0 atom stereocenters. The predicted octanol–water partition coefficient (Wildman–Crippen LogP) is 5.17. The fraction of sp³-hybridized carbons (Fsp3) is 0.235. The highest BCUT2D eigenvalue weighted by Crippen LogP contribution is 2.49. The number of halogens is 1. The number of allylic oxidation sites excluding steroid dienone is 2. The highest BCUT2D eigenvalue weighted by atomic mass is 35.5. The molecule has 0 bridgehead atoms. The van der Waals surface area contributed by atoms with Crippen LogP contribution in [-0.4, -0.2) is 35.9 Å². The Hall–Kier alpha value is -1.31. The number of thiazole rings is 1. The van der Waals surface area contributed by atoms with Gasteiger partial charge in [0.1, 0.15) is 14.1 Å². The average Bonchev–Trinajstić information content (AvgIpc) is 3.45. The number of carbonyl (C=O) groups is 1. The average molecular weight is 519 g/mol. The van der Waals surface area contributed by atoms with Gasteiger partial charge in [0.05, 0.1) is 4.34 Å². The van der Waals surface area contributed by atoms with Crippen LogP contribution >= 0.6 is 57.8 Å². The number of thiophene rings is 1. The summed E-state index contributed by atoms with van der Waals surface area (Å²) in [4.78, 5) is 22.4. The fourth-order valence-corrected chi connectivity index (χ4v) is 8.45. The first-order valence-corrected chi connectivity index (χ1v) is 13.8. The smallest absolute Gasteiger partial charge is 0.286 e. The largest absolute Gasteiger partial charge is 0.294 e. The Morgan fingerprint density at radius 3 is 2.60 bits per heavy atom. The summed E-state index contributed by atoms with van der Waals surface area (Å²) in [6, 6.07) is 2.92. The van der Waals surface area contributed by atoms with Gasteiger partial charge in [0.2, 0.25) is 0 Å². The molecule has 2 aromatic heterocycles. The molecule has 4 heterocycles. The lowest BCUT2D eigenvalue weighted by atomic mass is 10.4. The van der Waals surface area contributed by atoms with Gasteiger partial charge in [0, 0.05) is 28.7 Å². The Balaban J connectivity index is 1.78. The van der Waals surface area contributed by atoms with Crippen molar-refractivity contribution in [3.05, 3.63) is 48.6 Å². The van der Waals surface area contributed by atoms with Gasteiger partial charge in [-0.25, -0.2) is 4.98 Å². The minimum absolute atomic E-state index is 0.0400. The first-order valence-electron chi connectivity index (χ1n) is 8.62. The normalized spacial score (nSPS) is 21.6. The lowest BCUT2D eigenvalue weighted by Crippen LogP contribution is -2.30. The van der Waals surface area contributed by atoms with E-state index in [1.165, 1.54) is 40.1 Å². The first-order chi connectivity index (χ1) is 14.2. The first kappa shape index (κ1) is 21.9. The summed E-state index contributed by atoms with van der Waals surface area (Å²) >= 11 is 10.8. The van der Waals surface area contributed by atoms with Gasteiger partial charge in [-0.2, -0.15) is 8.42 Å². The molecule has 2 aromatic rings. The maximum Gasteiger partial charge on any atom is 0.294 e. The van der Waals surface area contributed by atoms with Crippen molar-refractivity contribution in [3.63, 3.8) is 0 Å². The number of likely N-dealkylation sites (N-methyl/N-ethyl adjacent to an activating group) is 1. The highest BCUT2D eigenvalue weighted by molar-refractivity contribution is 8.20. The van der Waals surface area contributed by atoms with Crippen molar-refractivity contribution in [2.75, 3.05) is 11.4 Å². The summed E-state index contributed by atoms with van der Waals surface area (Å²) in [7, 11) is -3.97. The summed E-state index contributed by atoms with van der Waals surface area (Å²) in [5, 5.41) is 3.48. The van der Waals surface area contributed by atoms with Crippen molar-refractivity contribution in [2.24, 2.45) is 4.40 Å². The number of thioether (sulfide) groups is 2. The Morgan fingerprint density at radius 1 is 1.23 bits per heavy atom. The molecule has 1 amide bonds. The third-order valence-electron chi connectivity index (χ3n) is 4.28. The SMILES string of the molecule is CCN1C(=O)/C(=C2\SC(C)=C(C)N2c2nccs2)S/C1=N/S(=O)(=O)c1ccc(Cl)s1. The number of anilines is 1. The maximum absolute atomic E-state index is 13.2. The van der Waals surface area contributed by atoms with E-state index in [-0.39, 0.29) is 15.3 Å². The van der Waals surface area contributed by atoms with Crippen molar-refractivity contribution in [1.82, 2.24) is 9.88 Å². The second kappa shape index (κ2) is 8.32.